The van der Waals surface area contributed by atoms with Crippen molar-refractivity contribution in [1.29, 1.82) is 0 Å². The number of aryl methyl sites for hydroxylation is 1. The summed E-state index contributed by atoms with van der Waals surface area (Å²) >= 11 is 3.49. The lowest BCUT2D eigenvalue weighted by Gasteiger charge is -2.33. The Morgan fingerprint density at radius 2 is 2.11 bits per heavy atom. The molecule has 2 aromatic rings. The fourth-order valence-corrected chi connectivity index (χ4v) is 4.13. The summed E-state index contributed by atoms with van der Waals surface area (Å²) in [5, 5.41) is 3.10. The van der Waals surface area contributed by atoms with Crippen molar-refractivity contribution in [2.24, 2.45) is 0 Å². The second kappa shape index (κ2) is 9.95. The van der Waals surface area contributed by atoms with Crippen LogP contribution in [0, 0.1) is 0 Å². The summed E-state index contributed by atoms with van der Waals surface area (Å²) in [5.74, 6) is 1.79. The number of furan rings is 1. The van der Waals surface area contributed by atoms with Gasteiger partial charge >= 0.3 is 0 Å². The highest BCUT2D eigenvalue weighted by molar-refractivity contribution is 9.10. The number of hydrogen-bond acceptors (Lipinski definition) is 4. The van der Waals surface area contributed by atoms with Gasteiger partial charge in [0.1, 0.15) is 11.5 Å². The number of benzene rings is 1. The van der Waals surface area contributed by atoms with E-state index in [-0.39, 0.29) is 11.9 Å². The lowest BCUT2D eigenvalue weighted by Crippen LogP contribution is -2.40. The topological polar surface area (TPSA) is 54.7 Å². The van der Waals surface area contributed by atoms with Gasteiger partial charge in [0.15, 0.2) is 0 Å². The molecule has 1 fully saturated rings. The van der Waals surface area contributed by atoms with Gasteiger partial charge in [0.25, 0.3) is 0 Å². The number of amides is 1. The molecule has 0 radical (unpaired) electrons. The molecule has 2 heterocycles. The third kappa shape index (κ3) is 5.59. The van der Waals surface area contributed by atoms with Gasteiger partial charge in [0.05, 0.1) is 23.9 Å². The van der Waals surface area contributed by atoms with Crippen LogP contribution in [-0.2, 0) is 11.2 Å². The average molecular weight is 435 g/mol. The van der Waals surface area contributed by atoms with E-state index in [1.54, 1.807) is 13.4 Å². The largest absolute Gasteiger partial charge is 0.496 e. The van der Waals surface area contributed by atoms with Gasteiger partial charge in [-0.2, -0.15) is 0 Å². The summed E-state index contributed by atoms with van der Waals surface area (Å²) in [4.78, 5) is 14.8. The molecule has 1 unspecified atom stereocenters. The lowest BCUT2D eigenvalue weighted by atomic mass is 10.1. The van der Waals surface area contributed by atoms with E-state index in [2.05, 4.69) is 26.1 Å². The van der Waals surface area contributed by atoms with Crippen LogP contribution in [0.15, 0.2) is 45.5 Å². The number of ether oxygens (including phenoxy) is 1. The van der Waals surface area contributed by atoms with Gasteiger partial charge in [0, 0.05) is 13.0 Å². The molecule has 0 aliphatic carbocycles. The first-order valence-electron chi connectivity index (χ1n) is 9.54. The Hall–Kier alpha value is -1.79. The summed E-state index contributed by atoms with van der Waals surface area (Å²) < 4.78 is 11.8. The summed E-state index contributed by atoms with van der Waals surface area (Å²) in [6, 6.07) is 9.94. The van der Waals surface area contributed by atoms with Crippen LogP contribution < -0.4 is 10.1 Å². The zero-order valence-electron chi connectivity index (χ0n) is 15.7. The Kier molecular flexibility index (Phi) is 7.35. The molecule has 1 N–H and O–H groups in total. The molecule has 1 atom stereocenters. The van der Waals surface area contributed by atoms with Crippen LogP contribution in [0.25, 0.3) is 0 Å². The average Bonchev–Trinajstić information content (AvgIpc) is 3.22. The number of carbonyl (C=O) groups is 1. The van der Waals surface area contributed by atoms with Crippen molar-refractivity contribution in [3.8, 4) is 5.75 Å². The molecule has 146 valence electrons. The van der Waals surface area contributed by atoms with Crippen molar-refractivity contribution in [1.82, 2.24) is 10.2 Å². The molecule has 0 saturated carbocycles. The van der Waals surface area contributed by atoms with E-state index in [1.807, 2.05) is 30.3 Å². The van der Waals surface area contributed by atoms with Gasteiger partial charge < -0.3 is 14.5 Å². The third-order valence-corrected chi connectivity index (χ3v) is 5.67. The molecule has 0 spiro atoms. The first-order chi connectivity index (χ1) is 13.2. The minimum absolute atomic E-state index is 0.0653. The smallest absolute Gasteiger partial charge is 0.220 e. The normalized spacial score (nSPS) is 16.1. The summed E-state index contributed by atoms with van der Waals surface area (Å²) in [7, 11) is 1.64. The highest BCUT2D eigenvalue weighted by atomic mass is 79.9. The van der Waals surface area contributed by atoms with E-state index in [0.717, 1.165) is 34.6 Å². The molecule has 1 aromatic carbocycles. The Balaban J connectivity index is 1.52. The first-order valence-corrected chi connectivity index (χ1v) is 10.3. The van der Waals surface area contributed by atoms with Crippen LogP contribution in [0.1, 0.15) is 43.0 Å². The van der Waals surface area contributed by atoms with Crippen molar-refractivity contribution in [3.05, 3.63) is 52.4 Å². The maximum Gasteiger partial charge on any atom is 0.220 e. The molecule has 1 aromatic heterocycles. The molecule has 5 nitrogen and oxygen atoms in total. The molecule has 1 amide bonds. The number of hydrogen-bond donors (Lipinski definition) is 1. The molecule has 3 rings (SSSR count). The molecule has 1 saturated heterocycles. The minimum atomic E-state index is 0.0653. The predicted octanol–water partition coefficient (Wildman–Crippen LogP) is 4.33. The van der Waals surface area contributed by atoms with E-state index in [0.29, 0.717) is 19.4 Å². The maximum absolute atomic E-state index is 12.4. The second-order valence-corrected chi connectivity index (χ2v) is 7.76. The molecule has 1 aliphatic heterocycles. The van der Waals surface area contributed by atoms with Crippen LogP contribution in [-0.4, -0.2) is 37.6 Å². The monoisotopic (exact) mass is 434 g/mol. The number of likely N-dealkylation sites (tertiary alicyclic amines) is 1. The number of rotatable bonds is 8. The van der Waals surface area contributed by atoms with Crippen molar-refractivity contribution in [2.75, 3.05) is 26.7 Å². The minimum Gasteiger partial charge on any atom is -0.496 e. The van der Waals surface area contributed by atoms with Crippen LogP contribution in [0.3, 0.4) is 0 Å². The number of piperidine rings is 1. The Morgan fingerprint density at radius 3 is 2.78 bits per heavy atom. The fourth-order valence-electron chi connectivity index (χ4n) is 3.54. The van der Waals surface area contributed by atoms with Gasteiger partial charge in [-0.1, -0.05) is 12.5 Å². The van der Waals surface area contributed by atoms with E-state index in [1.165, 1.54) is 19.3 Å². The number of nitrogens with zero attached hydrogens (tertiary/aromatic N) is 1. The SMILES string of the molecule is COc1ccc(CCC(=O)NCC(c2ccco2)N2CCCCC2)cc1Br. The number of carbonyl (C=O) groups excluding carboxylic acids is 1. The zero-order chi connectivity index (χ0) is 19.1. The van der Waals surface area contributed by atoms with Crippen molar-refractivity contribution < 1.29 is 13.9 Å². The van der Waals surface area contributed by atoms with Crippen molar-refractivity contribution in [3.63, 3.8) is 0 Å². The van der Waals surface area contributed by atoms with Crippen LogP contribution in [0.4, 0.5) is 0 Å². The second-order valence-electron chi connectivity index (χ2n) is 6.90. The van der Waals surface area contributed by atoms with Gasteiger partial charge in [-0.25, -0.2) is 0 Å². The summed E-state index contributed by atoms with van der Waals surface area (Å²) in [6.07, 6.45) is 6.56. The summed E-state index contributed by atoms with van der Waals surface area (Å²) in [5.41, 5.74) is 1.11. The van der Waals surface area contributed by atoms with Crippen LogP contribution in [0.5, 0.6) is 5.75 Å². The molecule has 27 heavy (non-hydrogen) atoms. The van der Waals surface area contributed by atoms with E-state index in [4.69, 9.17) is 9.15 Å². The molecule has 1 aliphatic rings. The van der Waals surface area contributed by atoms with Crippen molar-refractivity contribution >= 4 is 21.8 Å². The highest BCUT2D eigenvalue weighted by Gasteiger charge is 2.24. The van der Waals surface area contributed by atoms with E-state index in [9.17, 15) is 4.79 Å². The molecular weight excluding hydrogens is 408 g/mol. The Labute approximate surface area is 169 Å². The Morgan fingerprint density at radius 1 is 1.30 bits per heavy atom. The van der Waals surface area contributed by atoms with E-state index < -0.39 is 0 Å². The standard InChI is InChI=1S/C21H27BrN2O3/c1-26-19-9-7-16(14-17(19)22)8-10-21(25)23-15-18(20-6-5-13-27-20)24-11-3-2-4-12-24/h5-7,9,13-14,18H,2-4,8,10-12,15H2,1H3,(H,23,25). The van der Waals surface area contributed by atoms with Gasteiger partial charge in [0.2, 0.25) is 5.91 Å². The number of nitrogens with one attached hydrogen (secondary N) is 1. The quantitative estimate of drug-likeness (QED) is 0.671. The van der Waals surface area contributed by atoms with E-state index >= 15 is 0 Å². The molecule has 6 heteroatoms. The number of methoxy groups -OCH3 is 1. The van der Waals surface area contributed by atoms with Gasteiger partial charge in [-0.05, 0) is 78.1 Å². The highest BCUT2D eigenvalue weighted by Crippen LogP contribution is 2.26. The lowest BCUT2D eigenvalue weighted by molar-refractivity contribution is -0.121. The number of halogens is 1. The van der Waals surface area contributed by atoms with Gasteiger partial charge in [-0.15, -0.1) is 0 Å². The zero-order valence-corrected chi connectivity index (χ0v) is 17.3. The Bertz CT molecular complexity index is 727. The van der Waals surface area contributed by atoms with Crippen molar-refractivity contribution in [2.45, 2.75) is 38.1 Å². The fraction of sp³-hybridized carbons (Fsp3) is 0.476. The maximum atomic E-state index is 12.4. The molecule has 0 bridgehead atoms. The summed E-state index contributed by atoms with van der Waals surface area (Å²) in [6.45, 7) is 2.70. The first kappa shape index (κ1) is 20.0. The molecular formula is C21H27BrN2O3. The van der Waals surface area contributed by atoms with Crippen LogP contribution >= 0.6 is 15.9 Å². The third-order valence-electron chi connectivity index (χ3n) is 5.05. The van der Waals surface area contributed by atoms with Gasteiger partial charge in [-0.3, -0.25) is 9.69 Å². The predicted molar refractivity (Wildman–Crippen MR) is 109 cm³/mol. The van der Waals surface area contributed by atoms with Crippen LogP contribution in [0.2, 0.25) is 0 Å².